The average Bonchev–Trinajstić information content (AvgIpc) is 2.73. The number of hydrogen-bond acceptors (Lipinski definition) is 6. The molecule has 6 nitrogen and oxygen atoms in total. The fraction of sp³-hybridized carbons (Fsp3) is 0.300. The van der Waals surface area contributed by atoms with E-state index < -0.39 is 0 Å². The second-order valence-electron chi connectivity index (χ2n) is 6.45. The zero-order valence-electron chi connectivity index (χ0n) is 15.5. The third kappa shape index (κ3) is 3.77. The molecule has 0 bridgehead atoms. The Morgan fingerprint density at radius 3 is 2.68 bits per heavy atom. The van der Waals surface area contributed by atoms with Gasteiger partial charge in [-0.05, 0) is 25.1 Å². The molecular formula is C20H20FN5OS. The summed E-state index contributed by atoms with van der Waals surface area (Å²) in [6, 6.07) is 6.10. The molecule has 0 aliphatic carbocycles. The van der Waals surface area contributed by atoms with Crippen LogP contribution in [-0.2, 0) is 0 Å². The maximum Gasteiger partial charge on any atom is 0.254 e. The molecule has 0 radical (unpaired) electrons. The van der Waals surface area contributed by atoms with Crippen LogP contribution in [0.1, 0.15) is 17.3 Å². The second-order valence-corrected chi connectivity index (χ2v) is 7.67. The van der Waals surface area contributed by atoms with Gasteiger partial charge in [0.05, 0.1) is 16.8 Å². The maximum absolute atomic E-state index is 13.8. The number of benzene rings is 1. The minimum absolute atomic E-state index is 0.0502. The lowest BCUT2D eigenvalue weighted by molar-refractivity contribution is 0.0774. The lowest BCUT2D eigenvalue weighted by atomic mass is 10.0. The molecule has 144 valence electrons. The molecule has 0 atom stereocenters. The van der Waals surface area contributed by atoms with Crippen molar-refractivity contribution in [2.24, 2.45) is 0 Å². The Hall–Kier alpha value is -2.74. The molecular weight excluding hydrogens is 377 g/mol. The molecule has 0 saturated carbocycles. The third-order valence-corrected chi connectivity index (χ3v) is 5.53. The van der Waals surface area contributed by atoms with Gasteiger partial charge in [-0.25, -0.2) is 19.3 Å². The van der Waals surface area contributed by atoms with E-state index in [0.717, 1.165) is 18.1 Å². The molecule has 1 aliphatic rings. The molecule has 28 heavy (non-hydrogen) atoms. The van der Waals surface area contributed by atoms with E-state index in [9.17, 15) is 9.18 Å². The van der Waals surface area contributed by atoms with Gasteiger partial charge < -0.3 is 10.2 Å². The highest BCUT2D eigenvalue weighted by atomic mass is 32.2. The predicted octanol–water partition coefficient (Wildman–Crippen LogP) is 3.45. The number of amides is 1. The Labute approximate surface area is 166 Å². The topological polar surface area (TPSA) is 71.0 Å². The third-order valence-electron chi connectivity index (χ3n) is 4.58. The largest absolute Gasteiger partial charge is 0.355 e. The number of nitrogens with zero attached hydrogens (tertiary/aromatic N) is 4. The highest BCUT2D eigenvalue weighted by molar-refractivity contribution is 7.99. The summed E-state index contributed by atoms with van der Waals surface area (Å²) in [5.41, 5.74) is 2.21. The molecule has 3 aromatic rings. The SMILES string of the molecule is CCNc1ncc(-c2cc(C(=O)N3CCSCC3)c3ccc(F)cc3n2)cn1. The van der Waals surface area contributed by atoms with E-state index in [1.54, 1.807) is 24.5 Å². The molecule has 1 aromatic carbocycles. The minimum atomic E-state index is -0.385. The van der Waals surface area contributed by atoms with E-state index >= 15 is 0 Å². The van der Waals surface area contributed by atoms with Gasteiger partial charge in [0.15, 0.2) is 0 Å². The zero-order valence-corrected chi connectivity index (χ0v) is 16.3. The van der Waals surface area contributed by atoms with Gasteiger partial charge >= 0.3 is 0 Å². The maximum atomic E-state index is 13.8. The summed E-state index contributed by atoms with van der Waals surface area (Å²) in [5, 5.41) is 3.69. The number of fused-ring (bicyclic) bond motifs is 1. The van der Waals surface area contributed by atoms with Gasteiger partial charge in [0, 0.05) is 60.5 Å². The summed E-state index contributed by atoms with van der Waals surface area (Å²) in [7, 11) is 0. The molecule has 3 heterocycles. The Kier molecular flexibility index (Phi) is 5.38. The van der Waals surface area contributed by atoms with Crippen LogP contribution in [0.25, 0.3) is 22.2 Å². The highest BCUT2D eigenvalue weighted by Crippen LogP contribution is 2.27. The molecule has 1 fully saturated rings. The lowest BCUT2D eigenvalue weighted by Crippen LogP contribution is -2.38. The summed E-state index contributed by atoms with van der Waals surface area (Å²) >= 11 is 1.84. The number of carbonyl (C=O) groups excluding carboxylic acids is 1. The van der Waals surface area contributed by atoms with Gasteiger partial charge in [-0.1, -0.05) is 0 Å². The quantitative estimate of drug-likeness (QED) is 0.727. The molecule has 0 unspecified atom stereocenters. The summed E-state index contributed by atoms with van der Waals surface area (Å²) in [5.74, 6) is 1.95. The van der Waals surface area contributed by atoms with Crippen LogP contribution in [0.5, 0.6) is 0 Å². The molecule has 1 aliphatic heterocycles. The molecule has 0 spiro atoms. The fourth-order valence-corrected chi connectivity index (χ4v) is 4.08. The first-order valence-electron chi connectivity index (χ1n) is 9.19. The summed E-state index contributed by atoms with van der Waals surface area (Å²) in [6.45, 7) is 4.11. The van der Waals surface area contributed by atoms with Gasteiger partial charge in [-0.15, -0.1) is 0 Å². The number of pyridine rings is 1. The van der Waals surface area contributed by atoms with Crippen LogP contribution in [0.3, 0.4) is 0 Å². The van der Waals surface area contributed by atoms with Gasteiger partial charge in [0.1, 0.15) is 5.82 Å². The first kappa shape index (κ1) is 18.6. The van der Waals surface area contributed by atoms with Crippen LogP contribution in [-0.4, -0.2) is 56.9 Å². The van der Waals surface area contributed by atoms with Gasteiger partial charge in [0.25, 0.3) is 5.91 Å². The first-order chi connectivity index (χ1) is 13.7. The summed E-state index contributed by atoms with van der Waals surface area (Å²) < 4.78 is 13.8. The van der Waals surface area contributed by atoms with Crippen LogP contribution in [0.2, 0.25) is 0 Å². The van der Waals surface area contributed by atoms with Gasteiger partial charge in [-0.3, -0.25) is 4.79 Å². The predicted molar refractivity (Wildman–Crippen MR) is 110 cm³/mol. The zero-order chi connectivity index (χ0) is 19.5. The molecule has 8 heteroatoms. The van der Waals surface area contributed by atoms with E-state index in [1.807, 2.05) is 23.6 Å². The molecule has 2 aromatic heterocycles. The Balaban J connectivity index is 1.80. The standard InChI is InChI=1S/C20H20FN5OS/c1-2-22-20-23-11-13(12-24-20)17-10-16(19(27)26-5-7-28-8-6-26)15-4-3-14(21)9-18(15)25-17/h3-4,9-12H,2,5-8H2,1H3,(H,22,23,24). The van der Waals surface area contributed by atoms with E-state index in [2.05, 4.69) is 20.3 Å². The van der Waals surface area contributed by atoms with Gasteiger partial charge in [-0.2, -0.15) is 11.8 Å². The van der Waals surface area contributed by atoms with Crippen molar-refractivity contribution in [2.45, 2.75) is 6.92 Å². The van der Waals surface area contributed by atoms with Crippen molar-refractivity contribution in [1.29, 1.82) is 0 Å². The first-order valence-corrected chi connectivity index (χ1v) is 10.3. The minimum Gasteiger partial charge on any atom is -0.355 e. The van der Waals surface area contributed by atoms with Crippen molar-refractivity contribution in [1.82, 2.24) is 19.9 Å². The van der Waals surface area contributed by atoms with Crippen molar-refractivity contribution in [3.8, 4) is 11.3 Å². The number of hydrogen-bond donors (Lipinski definition) is 1. The molecule has 1 N–H and O–H groups in total. The van der Waals surface area contributed by atoms with Crippen LogP contribution in [0.4, 0.5) is 10.3 Å². The lowest BCUT2D eigenvalue weighted by Gasteiger charge is -2.27. The van der Waals surface area contributed by atoms with Crippen LogP contribution < -0.4 is 5.32 Å². The number of nitrogens with one attached hydrogen (secondary N) is 1. The number of anilines is 1. The van der Waals surface area contributed by atoms with E-state index in [4.69, 9.17) is 0 Å². The smallest absolute Gasteiger partial charge is 0.254 e. The monoisotopic (exact) mass is 397 g/mol. The second kappa shape index (κ2) is 8.10. The van der Waals surface area contributed by atoms with Crippen molar-refractivity contribution in [3.05, 3.63) is 48.0 Å². The van der Waals surface area contributed by atoms with Crippen molar-refractivity contribution >= 4 is 34.5 Å². The fourth-order valence-electron chi connectivity index (χ4n) is 3.17. The van der Waals surface area contributed by atoms with Crippen LogP contribution in [0, 0.1) is 5.82 Å². The van der Waals surface area contributed by atoms with Crippen molar-refractivity contribution < 1.29 is 9.18 Å². The van der Waals surface area contributed by atoms with Crippen LogP contribution >= 0.6 is 11.8 Å². The number of aromatic nitrogens is 3. The number of rotatable bonds is 4. The molecule has 1 saturated heterocycles. The van der Waals surface area contributed by atoms with E-state index in [-0.39, 0.29) is 11.7 Å². The average molecular weight is 397 g/mol. The Morgan fingerprint density at radius 1 is 1.21 bits per heavy atom. The number of thioether (sulfide) groups is 1. The van der Waals surface area contributed by atoms with Crippen LogP contribution in [0.15, 0.2) is 36.7 Å². The number of carbonyl (C=O) groups is 1. The van der Waals surface area contributed by atoms with Crippen molar-refractivity contribution in [2.75, 3.05) is 36.5 Å². The van der Waals surface area contributed by atoms with E-state index in [1.165, 1.54) is 12.1 Å². The normalized spacial score (nSPS) is 14.3. The molecule has 1 amide bonds. The summed E-state index contributed by atoms with van der Waals surface area (Å²) in [4.78, 5) is 28.1. The van der Waals surface area contributed by atoms with Gasteiger partial charge in [0.2, 0.25) is 5.95 Å². The number of halogens is 1. The summed E-state index contributed by atoms with van der Waals surface area (Å²) in [6.07, 6.45) is 3.31. The Bertz CT molecular complexity index is 1010. The molecule has 4 rings (SSSR count). The van der Waals surface area contributed by atoms with E-state index in [0.29, 0.717) is 46.8 Å². The van der Waals surface area contributed by atoms with Crippen molar-refractivity contribution in [3.63, 3.8) is 0 Å². The Morgan fingerprint density at radius 2 is 1.96 bits per heavy atom. The highest BCUT2D eigenvalue weighted by Gasteiger charge is 2.22.